The minimum atomic E-state index is 0.0103. The number of anilines is 2. The number of H-pyrrole nitrogens is 1. The fraction of sp³-hybridized carbons (Fsp3) is 0.167. The van der Waals surface area contributed by atoms with Crippen LogP contribution in [0.1, 0.15) is 5.56 Å². The molecule has 0 aromatic carbocycles. The number of aromatic nitrogens is 2. The van der Waals surface area contributed by atoms with E-state index in [2.05, 4.69) is 9.97 Å². The molecule has 2 aromatic heterocycles. The van der Waals surface area contributed by atoms with Crippen LogP contribution in [0.2, 0.25) is 0 Å². The van der Waals surface area contributed by atoms with Crippen molar-refractivity contribution in [2.45, 2.75) is 6.42 Å². The summed E-state index contributed by atoms with van der Waals surface area (Å²) in [6, 6.07) is 5.33. The third-order valence-corrected chi connectivity index (χ3v) is 2.55. The van der Waals surface area contributed by atoms with Crippen LogP contribution < -0.4 is 10.6 Å². The zero-order valence-corrected chi connectivity index (χ0v) is 9.55. The molecule has 0 aliphatic rings. The summed E-state index contributed by atoms with van der Waals surface area (Å²) in [5, 5.41) is 0. The molecule has 0 aliphatic carbocycles. The number of nitrogen functional groups attached to an aromatic ring is 1. The number of hydrogen-bond donors (Lipinski definition) is 2. The van der Waals surface area contributed by atoms with Crippen LogP contribution in [0.15, 0.2) is 36.8 Å². The van der Waals surface area contributed by atoms with E-state index in [1.165, 1.54) is 0 Å². The second-order valence-corrected chi connectivity index (χ2v) is 3.79. The van der Waals surface area contributed by atoms with Crippen LogP contribution in [-0.2, 0) is 11.2 Å². The minimum Gasteiger partial charge on any atom is -0.384 e. The third-order valence-electron chi connectivity index (χ3n) is 2.55. The number of rotatable bonds is 3. The molecule has 0 saturated carbocycles. The predicted molar refractivity (Wildman–Crippen MR) is 66.6 cm³/mol. The maximum atomic E-state index is 11.9. The summed E-state index contributed by atoms with van der Waals surface area (Å²) < 4.78 is 0. The van der Waals surface area contributed by atoms with Crippen molar-refractivity contribution in [3.05, 3.63) is 42.4 Å². The number of nitrogens with two attached hydrogens (primary N) is 1. The van der Waals surface area contributed by atoms with Gasteiger partial charge in [0.25, 0.3) is 0 Å². The van der Waals surface area contributed by atoms with E-state index in [1.54, 1.807) is 36.5 Å². The van der Waals surface area contributed by atoms with Gasteiger partial charge in [0.1, 0.15) is 5.82 Å². The molecule has 1 amide bonds. The van der Waals surface area contributed by atoms with Gasteiger partial charge in [-0.1, -0.05) is 0 Å². The summed E-state index contributed by atoms with van der Waals surface area (Å²) in [6.07, 6.45) is 5.56. The molecule has 2 rings (SSSR count). The van der Waals surface area contributed by atoms with Crippen LogP contribution in [0.25, 0.3) is 0 Å². The van der Waals surface area contributed by atoms with E-state index in [4.69, 9.17) is 5.73 Å². The third kappa shape index (κ3) is 2.63. The Bertz CT molecular complexity index is 490. The normalized spacial score (nSPS) is 10.2. The highest BCUT2D eigenvalue weighted by molar-refractivity contribution is 5.94. The number of pyridine rings is 1. The first-order valence-electron chi connectivity index (χ1n) is 5.26. The lowest BCUT2D eigenvalue weighted by atomic mass is 10.2. The molecule has 0 spiro atoms. The Kier molecular flexibility index (Phi) is 3.09. The van der Waals surface area contributed by atoms with Gasteiger partial charge < -0.3 is 15.6 Å². The molecule has 0 saturated heterocycles. The van der Waals surface area contributed by atoms with Crippen LogP contribution in [0.5, 0.6) is 0 Å². The van der Waals surface area contributed by atoms with Crippen molar-refractivity contribution >= 4 is 17.4 Å². The number of carbonyl (C=O) groups is 1. The highest BCUT2D eigenvalue weighted by Crippen LogP contribution is 2.13. The Hall–Kier alpha value is -2.30. The molecule has 17 heavy (non-hydrogen) atoms. The number of amides is 1. The lowest BCUT2D eigenvalue weighted by molar-refractivity contribution is -0.117. The summed E-state index contributed by atoms with van der Waals surface area (Å²) in [6.45, 7) is 0. The molecule has 0 radical (unpaired) electrons. The summed E-state index contributed by atoms with van der Waals surface area (Å²) in [4.78, 5) is 20.4. The van der Waals surface area contributed by atoms with Gasteiger partial charge >= 0.3 is 0 Å². The Balaban J connectivity index is 2.07. The standard InChI is InChI=1S/C12H14N4O/c1-16(10-2-3-11(13)15-8-10)12(17)6-9-4-5-14-7-9/h2-5,7-8,14H,6H2,1H3,(H2,13,15). The van der Waals surface area contributed by atoms with Crippen molar-refractivity contribution in [1.82, 2.24) is 9.97 Å². The molecule has 5 nitrogen and oxygen atoms in total. The first kappa shape index (κ1) is 11.2. The molecule has 3 N–H and O–H groups in total. The molecule has 0 atom stereocenters. The number of nitrogens with one attached hydrogen (secondary N) is 1. The van der Waals surface area contributed by atoms with Crippen molar-refractivity contribution in [3.63, 3.8) is 0 Å². The fourth-order valence-electron chi connectivity index (χ4n) is 1.50. The fourth-order valence-corrected chi connectivity index (χ4v) is 1.50. The SMILES string of the molecule is CN(C(=O)Cc1cc[nH]c1)c1ccc(N)nc1. The van der Waals surface area contributed by atoms with Gasteiger partial charge in [-0.2, -0.15) is 0 Å². The number of carbonyl (C=O) groups excluding carboxylic acids is 1. The minimum absolute atomic E-state index is 0.0103. The van der Waals surface area contributed by atoms with E-state index in [0.29, 0.717) is 12.2 Å². The van der Waals surface area contributed by atoms with Crippen molar-refractivity contribution in [1.29, 1.82) is 0 Å². The molecule has 0 fully saturated rings. The summed E-state index contributed by atoms with van der Waals surface area (Å²) >= 11 is 0. The highest BCUT2D eigenvalue weighted by Gasteiger charge is 2.11. The molecule has 2 heterocycles. The van der Waals surface area contributed by atoms with Crippen molar-refractivity contribution in [2.24, 2.45) is 0 Å². The van der Waals surface area contributed by atoms with Gasteiger partial charge in [-0.3, -0.25) is 4.79 Å². The topological polar surface area (TPSA) is 75.0 Å². The second-order valence-electron chi connectivity index (χ2n) is 3.79. The molecule has 2 aromatic rings. The van der Waals surface area contributed by atoms with Gasteiger partial charge in [0.15, 0.2) is 0 Å². The van der Waals surface area contributed by atoms with E-state index in [1.807, 2.05) is 12.3 Å². The summed E-state index contributed by atoms with van der Waals surface area (Å²) in [5.41, 5.74) is 7.19. The van der Waals surface area contributed by atoms with Crippen LogP contribution in [-0.4, -0.2) is 22.9 Å². The number of hydrogen-bond acceptors (Lipinski definition) is 3. The Morgan fingerprint density at radius 3 is 2.88 bits per heavy atom. The first-order chi connectivity index (χ1) is 8.16. The molecule has 0 bridgehead atoms. The summed E-state index contributed by atoms with van der Waals surface area (Å²) in [7, 11) is 1.72. The second kappa shape index (κ2) is 4.69. The quantitative estimate of drug-likeness (QED) is 0.831. The Morgan fingerprint density at radius 1 is 1.47 bits per heavy atom. The van der Waals surface area contributed by atoms with Crippen LogP contribution in [0.4, 0.5) is 11.5 Å². The molecule has 0 aliphatic heterocycles. The predicted octanol–water partition coefficient (Wildman–Crippen LogP) is 1.20. The summed E-state index contributed by atoms with van der Waals surface area (Å²) in [5.74, 6) is 0.455. The number of nitrogens with zero attached hydrogens (tertiary/aromatic N) is 2. The van der Waals surface area contributed by atoms with Gasteiger partial charge in [-0.25, -0.2) is 4.98 Å². The molecule has 5 heteroatoms. The van der Waals surface area contributed by atoms with Gasteiger partial charge in [-0.15, -0.1) is 0 Å². The van der Waals surface area contributed by atoms with E-state index in [-0.39, 0.29) is 5.91 Å². The van der Waals surface area contributed by atoms with Gasteiger partial charge in [0.2, 0.25) is 5.91 Å². The Labute approximate surface area is 99.3 Å². The van der Waals surface area contributed by atoms with E-state index in [0.717, 1.165) is 11.3 Å². The number of aromatic amines is 1. The van der Waals surface area contributed by atoms with Crippen LogP contribution in [0.3, 0.4) is 0 Å². The Morgan fingerprint density at radius 2 is 2.29 bits per heavy atom. The monoisotopic (exact) mass is 230 g/mol. The maximum Gasteiger partial charge on any atom is 0.231 e. The van der Waals surface area contributed by atoms with Gasteiger partial charge in [0.05, 0.1) is 18.3 Å². The van der Waals surface area contributed by atoms with E-state index >= 15 is 0 Å². The lowest BCUT2D eigenvalue weighted by Gasteiger charge is -2.16. The zero-order chi connectivity index (χ0) is 12.3. The molecule has 0 unspecified atom stereocenters. The zero-order valence-electron chi connectivity index (χ0n) is 9.55. The largest absolute Gasteiger partial charge is 0.384 e. The lowest BCUT2D eigenvalue weighted by Crippen LogP contribution is -2.27. The average Bonchev–Trinajstić information content (AvgIpc) is 2.82. The van der Waals surface area contributed by atoms with Crippen LogP contribution in [0, 0.1) is 0 Å². The van der Waals surface area contributed by atoms with E-state index < -0.39 is 0 Å². The number of likely N-dealkylation sites (N-methyl/N-ethyl adjacent to an activating group) is 1. The molecular weight excluding hydrogens is 216 g/mol. The molecular formula is C12H14N4O. The average molecular weight is 230 g/mol. The smallest absolute Gasteiger partial charge is 0.231 e. The van der Waals surface area contributed by atoms with E-state index in [9.17, 15) is 4.79 Å². The highest BCUT2D eigenvalue weighted by atomic mass is 16.2. The molecule has 88 valence electrons. The van der Waals surface area contributed by atoms with Crippen molar-refractivity contribution in [3.8, 4) is 0 Å². The first-order valence-corrected chi connectivity index (χ1v) is 5.26. The van der Waals surface area contributed by atoms with Crippen LogP contribution >= 0.6 is 0 Å². The van der Waals surface area contributed by atoms with Crippen molar-refractivity contribution in [2.75, 3.05) is 17.7 Å². The maximum absolute atomic E-state index is 11.9. The van der Waals surface area contributed by atoms with Gasteiger partial charge in [-0.05, 0) is 23.8 Å². The van der Waals surface area contributed by atoms with Crippen molar-refractivity contribution < 1.29 is 4.79 Å². The van der Waals surface area contributed by atoms with Gasteiger partial charge in [0, 0.05) is 19.4 Å².